The molecule has 0 spiro atoms. The van der Waals surface area contributed by atoms with Crippen LogP contribution in [0.1, 0.15) is 13.8 Å². The van der Waals surface area contributed by atoms with Gasteiger partial charge in [0.1, 0.15) is 0 Å². The number of morpholine rings is 1. The van der Waals surface area contributed by atoms with Crippen molar-refractivity contribution in [1.82, 2.24) is 20.0 Å². The second-order valence-electron chi connectivity index (χ2n) is 6.00. The van der Waals surface area contributed by atoms with Crippen molar-refractivity contribution in [2.45, 2.75) is 25.6 Å². The molecule has 11 nitrogen and oxygen atoms in total. The zero-order valence-corrected chi connectivity index (χ0v) is 14.8. The molecule has 1 amide bonds. The van der Waals surface area contributed by atoms with Crippen LogP contribution in [-0.4, -0.2) is 73.5 Å². The van der Waals surface area contributed by atoms with Crippen LogP contribution in [0.15, 0.2) is 24.5 Å². The summed E-state index contributed by atoms with van der Waals surface area (Å²) in [5, 5.41) is 31.2. The summed E-state index contributed by atoms with van der Waals surface area (Å²) in [6, 6.07) is 3.24. The molecule has 3 heterocycles. The second-order valence-corrected chi connectivity index (χ2v) is 6.00. The minimum Gasteiger partial charge on any atom is -0.479 e. The number of aliphatic hydroxyl groups is 1. The van der Waals surface area contributed by atoms with E-state index in [1.165, 1.54) is 15.8 Å². The summed E-state index contributed by atoms with van der Waals surface area (Å²) in [4.78, 5) is 25.2. The zero-order chi connectivity index (χ0) is 19.6. The van der Waals surface area contributed by atoms with Gasteiger partial charge in [0.25, 0.3) is 5.91 Å². The largest absolute Gasteiger partial charge is 0.479 e. The van der Waals surface area contributed by atoms with Gasteiger partial charge in [0.2, 0.25) is 5.88 Å². The first-order chi connectivity index (χ1) is 12.8. The van der Waals surface area contributed by atoms with Crippen LogP contribution in [0.25, 0.3) is 5.69 Å². The van der Waals surface area contributed by atoms with Crippen LogP contribution in [0.5, 0.6) is 5.88 Å². The molecule has 144 valence electrons. The molecule has 11 heteroatoms. The number of hydrogen-bond acceptors (Lipinski definition) is 8. The van der Waals surface area contributed by atoms with E-state index in [0.29, 0.717) is 24.0 Å². The number of rotatable bonds is 6. The van der Waals surface area contributed by atoms with Gasteiger partial charge in [-0.25, -0.2) is 9.48 Å². The molecule has 2 aromatic heterocycles. The predicted molar refractivity (Wildman–Crippen MR) is 90.7 cm³/mol. The van der Waals surface area contributed by atoms with Gasteiger partial charge >= 0.3 is 5.97 Å². The molecule has 1 aliphatic rings. The highest BCUT2D eigenvalue weighted by atomic mass is 16.5. The zero-order valence-electron chi connectivity index (χ0n) is 14.8. The minimum atomic E-state index is -2.35. The van der Waals surface area contributed by atoms with E-state index in [1.54, 1.807) is 18.3 Å². The van der Waals surface area contributed by atoms with Gasteiger partial charge in [-0.15, -0.1) is 10.2 Å². The molecule has 2 aromatic rings. The molecule has 1 aliphatic heterocycles. The average Bonchev–Trinajstić information content (AvgIpc) is 3.12. The average molecular weight is 377 g/mol. The number of carbonyl (C=O) groups excluding carboxylic acids is 1. The van der Waals surface area contributed by atoms with Crippen molar-refractivity contribution in [2.75, 3.05) is 24.7 Å². The fourth-order valence-corrected chi connectivity index (χ4v) is 2.61. The number of ether oxygens (including phenoxy) is 2. The number of aromatic nitrogens is 4. The van der Waals surface area contributed by atoms with Gasteiger partial charge < -0.3 is 19.7 Å². The standard InChI is InChI=1S/C16H19N5O6/c1-3-26-12-8-10(9-17-18-12)21-5-4-11(19-21)20-6-7-27-13(14(20)22)16(2,25)15(23)24/h4-5,8-9,13,25H,3,6-7H2,1-2H3,(H,23,24). The Bertz CT molecular complexity index is 851. The van der Waals surface area contributed by atoms with Crippen molar-refractivity contribution in [1.29, 1.82) is 0 Å². The lowest BCUT2D eigenvalue weighted by molar-refractivity contribution is -0.180. The first-order valence-corrected chi connectivity index (χ1v) is 8.25. The molecule has 1 saturated heterocycles. The van der Waals surface area contributed by atoms with Crippen molar-refractivity contribution in [3.63, 3.8) is 0 Å². The lowest BCUT2D eigenvalue weighted by Crippen LogP contribution is -2.60. The van der Waals surface area contributed by atoms with Gasteiger partial charge in [0, 0.05) is 18.3 Å². The molecule has 0 radical (unpaired) electrons. The number of carboxylic acids is 1. The van der Waals surface area contributed by atoms with Gasteiger partial charge in [0.05, 0.1) is 31.6 Å². The van der Waals surface area contributed by atoms with Crippen LogP contribution in [0.4, 0.5) is 5.82 Å². The summed E-state index contributed by atoms with van der Waals surface area (Å²) in [5.74, 6) is -1.59. The molecule has 0 aliphatic carbocycles. The summed E-state index contributed by atoms with van der Waals surface area (Å²) in [6.07, 6.45) is 1.58. The molecule has 1 fully saturated rings. The second kappa shape index (κ2) is 7.29. The van der Waals surface area contributed by atoms with Crippen molar-refractivity contribution in [3.05, 3.63) is 24.5 Å². The van der Waals surface area contributed by atoms with Crippen LogP contribution in [0.3, 0.4) is 0 Å². The van der Waals surface area contributed by atoms with Crippen molar-refractivity contribution in [3.8, 4) is 11.6 Å². The molecule has 0 bridgehead atoms. The van der Waals surface area contributed by atoms with Crippen molar-refractivity contribution < 1.29 is 29.3 Å². The smallest absolute Gasteiger partial charge is 0.338 e. The third-order valence-electron chi connectivity index (χ3n) is 4.06. The molecular formula is C16H19N5O6. The Hall–Kier alpha value is -3.05. The van der Waals surface area contributed by atoms with Crippen molar-refractivity contribution >= 4 is 17.7 Å². The van der Waals surface area contributed by atoms with Gasteiger partial charge in [-0.3, -0.25) is 9.69 Å². The number of carbonyl (C=O) groups is 2. The molecule has 27 heavy (non-hydrogen) atoms. The number of amides is 1. The first kappa shape index (κ1) is 18.7. The minimum absolute atomic E-state index is 0.0675. The van der Waals surface area contributed by atoms with Crippen molar-refractivity contribution in [2.24, 2.45) is 0 Å². The summed E-state index contributed by atoms with van der Waals surface area (Å²) in [5.41, 5.74) is -1.77. The normalized spacial score (nSPS) is 19.6. The highest BCUT2D eigenvalue weighted by molar-refractivity contribution is 6.00. The topological polar surface area (TPSA) is 140 Å². The maximum atomic E-state index is 12.6. The molecule has 2 unspecified atom stereocenters. The fraction of sp³-hybridized carbons (Fsp3) is 0.438. The molecule has 2 N–H and O–H groups in total. The predicted octanol–water partition coefficient (Wildman–Crippen LogP) is -0.372. The number of carboxylic acid groups (broad SMARTS) is 1. The summed E-state index contributed by atoms with van der Waals surface area (Å²) in [6.45, 7) is 3.54. The SMILES string of the molecule is CCOc1cc(-n2ccc(N3CCOC(C(C)(O)C(=O)O)C3=O)n2)cnn1. The van der Waals surface area contributed by atoms with Gasteiger partial charge in [-0.05, 0) is 13.8 Å². The van der Waals surface area contributed by atoms with E-state index in [9.17, 15) is 14.7 Å². The Kier molecular flexibility index (Phi) is 5.06. The molecule has 2 atom stereocenters. The summed E-state index contributed by atoms with van der Waals surface area (Å²) in [7, 11) is 0. The fourth-order valence-electron chi connectivity index (χ4n) is 2.61. The van der Waals surface area contributed by atoms with Crippen LogP contribution in [0, 0.1) is 0 Å². The number of nitrogens with zero attached hydrogens (tertiary/aromatic N) is 5. The van der Waals surface area contributed by atoms with Crippen LogP contribution >= 0.6 is 0 Å². The third-order valence-corrected chi connectivity index (χ3v) is 4.06. The summed E-state index contributed by atoms with van der Waals surface area (Å²) >= 11 is 0. The summed E-state index contributed by atoms with van der Waals surface area (Å²) < 4.78 is 12.0. The maximum absolute atomic E-state index is 12.6. The van der Waals surface area contributed by atoms with Crippen LogP contribution in [0.2, 0.25) is 0 Å². The Balaban J connectivity index is 1.84. The Morgan fingerprint density at radius 3 is 3.00 bits per heavy atom. The highest BCUT2D eigenvalue weighted by Crippen LogP contribution is 2.24. The van der Waals surface area contributed by atoms with E-state index >= 15 is 0 Å². The number of anilines is 1. The molecular weight excluding hydrogens is 358 g/mol. The van der Waals surface area contributed by atoms with E-state index in [2.05, 4.69) is 15.3 Å². The van der Waals surface area contributed by atoms with E-state index < -0.39 is 23.6 Å². The maximum Gasteiger partial charge on any atom is 0.338 e. The van der Waals surface area contributed by atoms with Gasteiger partial charge in [0.15, 0.2) is 17.5 Å². The Morgan fingerprint density at radius 2 is 2.30 bits per heavy atom. The first-order valence-electron chi connectivity index (χ1n) is 8.25. The van der Waals surface area contributed by atoms with Crippen LogP contribution < -0.4 is 9.64 Å². The van der Waals surface area contributed by atoms with E-state index in [0.717, 1.165) is 6.92 Å². The lowest BCUT2D eigenvalue weighted by atomic mass is 9.97. The van der Waals surface area contributed by atoms with E-state index in [1.807, 2.05) is 6.92 Å². The quantitative estimate of drug-likeness (QED) is 0.690. The third kappa shape index (κ3) is 3.59. The highest BCUT2D eigenvalue weighted by Gasteiger charge is 2.49. The lowest BCUT2D eigenvalue weighted by Gasteiger charge is -2.36. The Morgan fingerprint density at radius 1 is 1.52 bits per heavy atom. The van der Waals surface area contributed by atoms with Gasteiger partial charge in [-0.2, -0.15) is 5.10 Å². The van der Waals surface area contributed by atoms with E-state index in [4.69, 9.17) is 14.6 Å². The number of hydrogen-bond donors (Lipinski definition) is 2. The number of aliphatic carboxylic acids is 1. The van der Waals surface area contributed by atoms with E-state index in [-0.39, 0.29) is 13.2 Å². The molecule has 3 rings (SSSR count). The monoisotopic (exact) mass is 377 g/mol. The van der Waals surface area contributed by atoms with Crippen LogP contribution in [-0.2, 0) is 14.3 Å². The Labute approximate surface area is 154 Å². The molecule has 0 saturated carbocycles. The van der Waals surface area contributed by atoms with Gasteiger partial charge in [-0.1, -0.05) is 0 Å². The molecule has 0 aromatic carbocycles.